The number of aromatic amines is 1. The quantitative estimate of drug-likeness (QED) is 0.492. The fourth-order valence-electron chi connectivity index (χ4n) is 4.68. The third kappa shape index (κ3) is 3.25. The maximum absolute atomic E-state index is 15.1. The SMILES string of the molecule is CCOC(=O)c1n[nH]c2c1CN(c1c(F)ccc3c1C(=O)N(C1CCC(=O)NC1=O)C3=O)CC2. The van der Waals surface area contributed by atoms with Gasteiger partial charge in [0, 0.05) is 37.2 Å². The highest BCUT2D eigenvalue weighted by Crippen LogP contribution is 2.38. The van der Waals surface area contributed by atoms with E-state index >= 15 is 4.39 Å². The maximum Gasteiger partial charge on any atom is 0.359 e. The predicted molar refractivity (Wildman–Crippen MR) is 112 cm³/mol. The van der Waals surface area contributed by atoms with Crippen LogP contribution < -0.4 is 10.2 Å². The molecule has 0 spiro atoms. The number of H-pyrrole nitrogens is 1. The van der Waals surface area contributed by atoms with Gasteiger partial charge in [0.15, 0.2) is 5.69 Å². The summed E-state index contributed by atoms with van der Waals surface area (Å²) in [5.74, 6) is -4.07. The number of amides is 4. The van der Waals surface area contributed by atoms with Crippen molar-refractivity contribution in [1.82, 2.24) is 20.4 Å². The van der Waals surface area contributed by atoms with E-state index in [1.54, 1.807) is 11.8 Å². The topological polar surface area (TPSA) is 142 Å². The van der Waals surface area contributed by atoms with E-state index in [1.165, 1.54) is 6.07 Å². The molecule has 1 atom stereocenters. The van der Waals surface area contributed by atoms with Gasteiger partial charge in [-0.25, -0.2) is 9.18 Å². The molecule has 4 heterocycles. The molecule has 4 amide bonds. The average molecular weight is 469 g/mol. The maximum atomic E-state index is 15.1. The number of nitrogens with zero attached hydrogens (tertiary/aromatic N) is 3. The number of rotatable bonds is 4. The van der Waals surface area contributed by atoms with Crippen molar-refractivity contribution in [1.29, 1.82) is 0 Å². The Bertz CT molecular complexity index is 1270. The van der Waals surface area contributed by atoms with Gasteiger partial charge >= 0.3 is 5.97 Å². The van der Waals surface area contributed by atoms with Gasteiger partial charge in [0.1, 0.15) is 11.9 Å². The normalized spacial score (nSPS) is 19.8. The third-order valence-corrected chi connectivity index (χ3v) is 6.25. The van der Waals surface area contributed by atoms with Gasteiger partial charge < -0.3 is 9.64 Å². The molecular weight excluding hydrogens is 449 g/mol. The van der Waals surface area contributed by atoms with Crippen LogP contribution >= 0.6 is 0 Å². The Morgan fingerprint density at radius 1 is 1.21 bits per heavy atom. The van der Waals surface area contributed by atoms with Gasteiger partial charge in [-0.05, 0) is 25.5 Å². The summed E-state index contributed by atoms with van der Waals surface area (Å²) in [6.45, 7) is 2.19. The number of carbonyl (C=O) groups excluding carboxylic acids is 5. The summed E-state index contributed by atoms with van der Waals surface area (Å²) in [7, 11) is 0. The summed E-state index contributed by atoms with van der Waals surface area (Å²) >= 11 is 0. The minimum absolute atomic E-state index is 0.00105. The number of ether oxygens (including phenoxy) is 1. The van der Waals surface area contributed by atoms with Crippen molar-refractivity contribution in [3.05, 3.63) is 46.0 Å². The predicted octanol–water partition coefficient (Wildman–Crippen LogP) is 0.689. The molecule has 176 valence electrons. The van der Waals surface area contributed by atoms with Crippen LogP contribution in [0, 0.1) is 5.82 Å². The molecule has 12 heteroatoms. The average Bonchev–Trinajstić information content (AvgIpc) is 3.33. The second kappa shape index (κ2) is 8.04. The molecule has 3 aliphatic rings. The van der Waals surface area contributed by atoms with E-state index in [9.17, 15) is 24.0 Å². The molecule has 1 unspecified atom stereocenters. The lowest BCUT2D eigenvalue weighted by atomic mass is 10.0. The van der Waals surface area contributed by atoms with Crippen molar-refractivity contribution >= 4 is 35.3 Å². The standard InChI is InChI=1S/C22H20FN5O6/c1-2-34-22(33)17-11-9-27(8-7-13(11)25-26-17)18-12(23)4-3-10-16(18)21(32)28(20(10)31)14-5-6-15(29)24-19(14)30/h3-4,14H,2,5-9H2,1H3,(H,25,26)(H,24,29,30). The van der Waals surface area contributed by atoms with Crippen LogP contribution in [-0.4, -0.2) is 63.9 Å². The van der Waals surface area contributed by atoms with Crippen LogP contribution in [0.5, 0.6) is 0 Å². The van der Waals surface area contributed by atoms with Crippen molar-refractivity contribution < 1.29 is 33.1 Å². The zero-order valence-corrected chi connectivity index (χ0v) is 18.1. The van der Waals surface area contributed by atoms with Crippen LogP contribution in [0.4, 0.5) is 10.1 Å². The monoisotopic (exact) mass is 469 g/mol. The van der Waals surface area contributed by atoms with Crippen LogP contribution in [0.3, 0.4) is 0 Å². The highest BCUT2D eigenvalue weighted by atomic mass is 19.1. The van der Waals surface area contributed by atoms with E-state index in [0.717, 1.165) is 11.0 Å². The van der Waals surface area contributed by atoms with Gasteiger partial charge in [0.05, 0.1) is 23.4 Å². The number of carbonyl (C=O) groups is 5. The van der Waals surface area contributed by atoms with Crippen LogP contribution in [-0.2, 0) is 27.3 Å². The molecule has 34 heavy (non-hydrogen) atoms. The molecule has 1 aromatic carbocycles. The zero-order valence-electron chi connectivity index (χ0n) is 18.1. The molecule has 0 aliphatic carbocycles. The fraction of sp³-hybridized carbons (Fsp3) is 0.364. The lowest BCUT2D eigenvalue weighted by Gasteiger charge is -2.31. The Balaban J connectivity index is 1.51. The minimum Gasteiger partial charge on any atom is -0.461 e. The molecular formula is C22H20FN5O6. The summed E-state index contributed by atoms with van der Waals surface area (Å²) in [6.07, 6.45) is 0.375. The van der Waals surface area contributed by atoms with E-state index < -0.39 is 41.5 Å². The second-order valence-electron chi connectivity index (χ2n) is 8.19. The van der Waals surface area contributed by atoms with Crippen LogP contribution in [0.15, 0.2) is 12.1 Å². The highest BCUT2D eigenvalue weighted by molar-refractivity contribution is 6.25. The van der Waals surface area contributed by atoms with Crippen molar-refractivity contribution in [2.24, 2.45) is 0 Å². The van der Waals surface area contributed by atoms with Crippen LogP contribution in [0.25, 0.3) is 0 Å². The Kier molecular flexibility index (Phi) is 5.14. The van der Waals surface area contributed by atoms with E-state index in [4.69, 9.17) is 4.74 Å². The number of aromatic nitrogens is 2. The first-order valence-corrected chi connectivity index (χ1v) is 10.8. The summed E-state index contributed by atoms with van der Waals surface area (Å²) in [6, 6.07) is 1.17. The largest absolute Gasteiger partial charge is 0.461 e. The lowest BCUT2D eigenvalue weighted by molar-refractivity contribution is -0.136. The minimum atomic E-state index is -1.15. The first-order chi connectivity index (χ1) is 16.3. The molecule has 11 nitrogen and oxygen atoms in total. The number of imide groups is 2. The number of anilines is 1. The number of hydrogen-bond donors (Lipinski definition) is 2. The lowest BCUT2D eigenvalue weighted by Crippen LogP contribution is -2.54. The van der Waals surface area contributed by atoms with Crippen LogP contribution in [0.1, 0.15) is 62.2 Å². The molecule has 1 fully saturated rings. The number of nitrogens with one attached hydrogen (secondary N) is 2. The summed E-state index contributed by atoms with van der Waals surface area (Å²) in [5, 5.41) is 8.98. The molecule has 0 radical (unpaired) electrons. The van der Waals surface area contributed by atoms with Crippen molar-refractivity contribution in [2.75, 3.05) is 18.1 Å². The molecule has 1 saturated heterocycles. The number of hydrogen-bond acceptors (Lipinski definition) is 8. The van der Waals surface area contributed by atoms with Gasteiger partial charge in [-0.2, -0.15) is 5.10 Å². The zero-order chi connectivity index (χ0) is 24.1. The van der Waals surface area contributed by atoms with Gasteiger partial charge in [0.2, 0.25) is 11.8 Å². The Hall–Kier alpha value is -4.09. The Labute approximate surface area is 192 Å². The molecule has 1 aromatic heterocycles. The van der Waals surface area contributed by atoms with Crippen molar-refractivity contribution in [2.45, 2.75) is 38.8 Å². The van der Waals surface area contributed by atoms with E-state index in [0.29, 0.717) is 24.2 Å². The molecule has 0 saturated carbocycles. The van der Waals surface area contributed by atoms with E-state index in [1.807, 2.05) is 0 Å². The first kappa shape index (κ1) is 21.7. The Morgan fingerprint density at radius 2 is 2.00 bits per heavy atom. The van der Waals surface area contributed by atoms with Gasteiger partial charge in [-0.3, -0.25) is 34.5 Å². The summed E-state index contributed by atoms with van der Waals surface area (Å²) in [4.78, 5) is 64.9. The van der Waals surface area contributed by atoms with Crippen molar-refractivity contribution in [3.8, 4) is 0 Å². The summed E-state index contributed by atoms with van der Waals surface area (Å²) < 4.78 is 20.2. The van der Waals surface area contributed by atoms with E-state index in [2.05, 4.69) is 15.5 Å². The van der Waals surface area contributed by atoms with Gasteiger partial charge in [0.25, 0.3) is 11.8 Å². The van der Waals surface area contributed by atoms with Gasteiger partial charge in [-0.1, -0.05) is 0 Å². The molecule has 3 aliphatic heterocycles. The summed E-state index contributed by atoms with van der Waals surface area (Å²) in [5.41, 5.74) is 1.09. The second-order valence-corrected chi connectivity index (χ2v) is 8.19. The molecule has 0 bridgehead atoms. The smallest absolute Gasteiger partial charge is 0.359 e. The molecule has 2 aromatic rings. The molecule has 2 N–H and O–H groups in total. The number of benzene rings is 1. The Morgan fingerprint density at radius 3 is 2.74 bits per heavy atom. The highest BCUT2D eigenvalue weighted by Gasteiger charge is 2.47. The molecule has 5 rings (SSSR count). The number of fused-ring (bicyclic) bond motifs is 2. The van der Waals surface area contributed by atoms with Crippen molar-refractivity contribution in [3.63, 3.8) is 0 Å². The number of halogens is 1. The first-order valence-electron chi connectivity index (χ1n) is 10.8. The fourth-order valence-corrected chi connectivity index (χ4v) is 4.68. The van der Waals surface area contributed by atoms with Gasteiger partial charge in [-0.15, -0.1) is 0 Å². The third-order valence-electron chi connectivity index (χ3n) is 6.25. The van der Waals surface area contributed by atoms with E-state index in [-0.39, 0.29) is 48.5 Å². The van der Waals surface area contributed by atoms with Crippen LogP contribution in [0.2, 0.25) is 0 Å². The number of esters is 1. The number of piperidine rings is 1.